The van der Waals surface area contributed by atoms with Crippen LogP contribution in [0, 0.1) is 0 Å². The maximum absolute atomic E-state index is 12.8. The monoisotopic (exact) mass is 406 g/mol. The molecular formula is C19H16Cl2N2O2S. The lowest BCUT2D eigenvalue weighted by Crippen LogP contribution is -2.22. The van der Waals surface area contributed by atoms with Gasteiger partial charge in [-0.3, -0.25) is 9.36 Å². The maximum Gasteiger partial charge on any atom is 0.262 e. The predicted octanol–water partition coefficient (Wildman–Crippen LogP) is 5.21. The van der Waals surface area contributed by atoms with Crippen LogP contribution >= 0.6 is 35.0 Å². The molecule has 0 aliphatic heterocycles. The third kappa shape index (κ3) is 3.56. The second kappa shape index (κ2) is 7.51. The summed E-state index contributed by atoms with van der Waals surface area (Å²) < 4.78 is 7.55. The molecule has 1 aromatic heterocycles. The number of halogens is 2. The number of nitrogens with zero attached hydrogens (tertiary/aromatic N) is 2. The average Bonchev–Trinajstić information content (AvgIpc) is 3.46. The van der Waals surface area contributed by atoms with E-state index in [0.717, 1.165) is 23.5 Å². The number of rotatable bonds is 6. The molecule has 1 heterocycles. The predicted molar refractivity (Wildman–Crippen MR) is 107 cm³/mol. The van der Waals surface area contributed by atoms with E-state index in [1.807, 2.05) is 28.8 Å². The molecule has 26 heavy (non-hydrogen) atoms. The van der Waals surface area contributed by atoms with Crippen LogP contribution in [-0.2, 0) is 0 Å². The lowest BCUT2D eigenvalue weighted by molar-refractivity contribution is 0.344. The van der Waals surface area contributed by atoms with Gasteiger partial charge in [-0.05, 0) is 37.1 Å². The van der Waals surface area contributed by atoms with Crippen molar-refractivity contribution in [2.24, 2.45) is 0 Å². The van der Waals surface area contributed by atoms with Gasteiger partial charge in [0.2, 0.25) is 0 Å². The molecule has 4 nitrogen and oxygen atoms in total. The van der Waals surface area contributed by atoms with E-state index >= 15 is 0 Å². The van der Waals surface area contributed by atoms with Crippen molar-refractivity contribution in [2.45, 2.75) is 24.0 Å². The van der Waals surface area contributed by atoms with Gasteiger partial charge < -0.3 is 4.74 Å². The molecule has 1 aliphatic carbocycles. The molecule has 1 aliphatic rings. The first-order valence-electron chi connectivity index (χ1n) is 8.36. The van der Waals surface area contributed by atoms with E-state index in [-0.39, 0.29) is 11.6 Å². The van der Waals surface area contributed by atoms with E-state index in [4.69, 9.17) is 32.9 Å². The molecular weight excluding hydrogens is 391 g/mol. The molecule has 2 aromatic carbocycles. The minimum atomic E-state index is 0.0377. The first-order valence-corrected chi connectivity index (χ1v) is 10.1. The molecule has 134 valence electrons. The molecule has 0 saturated heterocycles. The van der Waals surface area contributed by atoms with Crippen LogP contribution in [0.25, 0.3) is 10.9 Å². The van der Waals surface area contributed by atoms with Crippen molar-refractivity contribution in [3.63, 3.8) is 0 Å². The van der Waals surface area contributed by atoms with Gasteiger partial charge in [0.1, 0.15) is 0 Å². The highest BCUT2D eigenvalue weighted by atomic mass is 35.5. The minimum absolute atomic E-state index is 0.0377. The van der Waals surface area contributed by atoms with Crippen LogP contribution < -0.4 is 10.3 Å². The van der Waals surface area contributed by atoms with Crippen molar-refractivity contribution in [3.05, 3.63) is 62.9 Å². The zero-order chi connectivity index (χ0) is 18.1. The average molecular weight is 407 g/mol. The normalized spacial score (nSPS) is 13.9. The summed E-state index contributed by atoms with van der Waals surface area (Å²) in [4.78, 5) is 17.5. The molecule has 0 bridgehead atoms. The number of thioether (sulfide) groups is 1. The summed E-state index contributed by atoms with van der Waals surface area (Å²) in [7, 11) is 0. The van der Waals surface area contributed by atoms with Crippen LogP contribution in [0.1, 0.15) is 18.9 Å². The standard InChI is InChI=1S/C19H16Cl2N2O2S/c20-14-5-3-6-15(21)17(14)25-10-11-26-19-22-16-7-2-1-4-13(16)18(24)23(19)12-8-9-12/h1-7,12H,8-11H2. The molecule has 1 saturated carbocycles. The molecule has 7 heteroatoms. The molecule has 1 fully saturated rings. The molecule has 0 atom stereocenters. The fourth-order valence-corrected chi connectivity index (χ4v) is 4.17. The molecule has 0 N–H and O–H groups in total. The number of para-hydroxylation sites is 2. The summed E-state index contributed by atoms with van der Waals surface area (Å²) in [5.41, 5.74) is 0.766. The van der Waals surface area contributed by atoms with E-state index in [9.17, 15) is 4.79 Å². The van der Waals surface area contributed by atoms with Gasteiger partial charge in [0.25, 0.3) is 5.56 Å². The summed E-state index contributed by atoms with van der Waals surface area (Å²) in [6.07, 6.45) is 2.05. The van der Waals surface area contributed by atoms with Gasteiger partial charge >= 0.3 is 0 Å². The SMILES string of the molecule is O=c1c2ccccc2nc(SCCOc2c(Cl)cccc2Cl)n1C1CC1. The zero-order valence-electron chi connectivity index (χ0n) is 13.8. The zero-order valence-corrected chi connectivity index (χ0v) is 16.2. The summed E-state index contributed by atoms with van der Waals surface area (Å²) in [5.74, 6) is 1.13. The Labute approximate surface area is 165 Å². The number of aromatic nitrogens is 2. The highest BCUT2D eigenvalue weighted by Gasteiger charge is 2.28. The number of fused-ring (bicyclic) bond motifs is 1. The molecule has 4 rings (SSSR count). The van der Waals surface area contributed by atoms with E-state index in [2.05, 4.69) is 0 Å². The smallest absolute Gasteiger partial charge is 0.262 e. The Morgan fingerprint density at radius 2 is 1.85 bits per heavy atom. The summed E-state index contributed by atoms with van der Waals surface area (Å²) >= 11 is 13.7. The van der Waals surface area contributed by atoms with Crippen LogP contribution in [0.5, 0.6) is 5.75 Å². The number of ether oxygens (including phenoxy) is 1. The Bertz CT molecular complexity index is 998. The summed E-state index contributed by atoms with van der Waals surface area (Å²) in [5, 5.41) is 2.38. The Morgan fingerprint density at radius 3 is 2.58 bits per heavy atom. The van der Waals surface area contributed by atoms with Crippen LogP contribution in [-0.4, -0.2) is 21.9 Å². The van der Waals surface area contributed by atoms with E-state index in [0.29, 0.717) is 33.5 Å². The minimum Gasteiger partial charge on any atom is -0.490 e. The maximum atomic E-state index is 12.8. The van der Waals surface area contributed by atoms with Crippen molar-refractivity contribution in [3.8, 4) is 5.75 Å². The third-order valence-electron chi connectivity index (χ3n) is 4.17. The summed E-state index contributed by atoms with van der Waals surface area (Å²) in [6.45, 7) is 0.418. The third-order valence-corrected chi connectivity index (χ3v) is 5.68. The van der Waals surface area contributed by atoms with Crippen molar-refractivity contribution in [2.75, 3.05) is 12.4 Å². The van der Waals surface area contributed by atoms with Crippen LogP contribution in [0.4, 0.5) is 0 Å². The van der Waals surface area contributed by atoms with Crippen molar-refractivity contribution < 1.29 is 4.74 Å². The lowest BCUT2D eigenvalue weighted by Gasteiger charge is -2.13. The molecule has 0 radical (unpaired) electrons. The molecule has 0 spiro atoms. The topological polar surface area (TPSA) is 44.1 Å². The van der Waals surface area contributed by atoms with E-state index in [1.54, 1.807) is 18.2 Å². The Morgan fingerprint density at radius 1 is 1.12 bits per heavy atom. The molecule has 0 amide bonds. The van der Waals surface area contributed by atoms with Gasteiger partial charge in [-0.25, -0.2) is 4.98 Å². The Hall–Kier alpha value is -1.69. The van der Waals surface area contributed by atoms with Gasteiger partial charge in [-0.2, -0.15) is 0 Å². The molecule has 0 unspecified atom stereocenters. The lowest BCUT2D eigenvalue weighted by atomic mass is 10.2. The number of hydrogen-bond acceptors (Lipinski definition) is 4. The fourth-order valence-electron chi connectivity index (χ4n) is 2.78. The van der Waals surface area contributed by atoms with Gasteiger partial charge in [0, 0.05) is 11.8 Å². The van der Waals surface area contributed by atoms with Crippen molar-refractivity contribution in [1.82, 2.24) is 9.55 Å². The Kier molecular flexibility index (Phi) is 5.11. The van der Waals surface area contributed by atoms with E-state index in [1.165, 1.54) is 11.8 Å². The number of benzene rings is 2. The van der Waals surface area contributed by atoms with E-state index < -0.39 is 0 Å². The first-order chi connectivity index (χ1) is 12.6. The Balaban J connectivity index is 1.52. The fraction of sp³-hybridized carbons (Fsp3) is 0.263. The van der Waals surface area contributed by atoms with Crippen molar-refractivity contribution >= 4 is 45.9 Å². The largest absolute Gasteiger partial charge is 0.490 e. The van der Waals surface area contributed by atoms with Crippen LogP contribution in [0.3, 0.4) is 0 Å². The van der Waals surface area contributed by atoms with Crippen molar-refractivity contribution in [1.29, 1.82) is 0 Å². The highest BCUT2D eigenvalue weighted by molar-refractivity contribution is 7.99. The van der Waals surface area contributed by atoms with Gasteiger partial charge in [0.15, 0.2) is 10.9 Å². The van der Waals surface area contributed by atoms with Crippen LogP contribution in [0.2, 0.25) is 10.0 Å². The van der Waals surface area contributed by atoms with Gasteiger partial charge in [0.05, 0.1) is 27.6 Å². The quantitative estimate of drug-likeness (QED) is 0.320. The highest BCUT2D eigenvalue weighted by Crippen LogP contribution is 2.37. The second-order valence-corrected chi connectivity index (χ2v) is 7.94. The molecule has 3 aromatic rings. The van der Waals surface area contributed by atoms with Gasteiger partial charge in [-0.15, -0.1) is 0 Å². The summed E-state index contributed by atoms with van der Waals surface area (Å²) in [6, 6.07) is 13.0. The second-order valence-electron chi connectivity index (χ2n) is 6.07. The van der Waals surface area contributed by atoms with Gasteiger partial charge in [-0.1, -0.05) is 53.2 Å². The van der Waals surface area contributed by atoms with Crippen LogP contribution in [0.15, 0.2) is 52.4 Å². The first kappa shape index (κ1) is 17.7. The number of hydrogen-bond donors (Lipinski definition) is 0.